The molecule has 2 aromatic heterocycles. The Labute approximate surface area is 260 Å². The van der Waals surface area contributed by atoms with E-state index in [0.717, 1.165) is 28.8 Å². The maximum absolute atomic E-state index is 14.4. The Hall–Kier alpha value is -4.93. The van der Waals surface area contributed by atoms with Gasteiger partial charge in [0.25, 0.3) is 25.8 Å². The number of nitrogens with two attached hydrogens (primary N) is 1. The molecule has 244 valence electrons. The summed E-state index contributed by atoms with van der Waals surface area (Å²) in [6.07, 6.45) is -1.30. The monoisotopic (exact) mass is 679 g/mol. The zero-order valence-corrected chi connectivity index (χ0v) is 25.8. The van der Waals surface area contributed by atoms with Gasteiger partial charge in [0.1, 0.15) is 4.90 Å². The van der Waals surface area contributed by atoms with E-state index in [1.54, 1.807) is 6.92 Å². The molecule has 0 aliphatic heterocycles. The second-order valence-corrected chi connectivity index (χ2v) is 12.3. The highest BCUT2D eigenvalue weighted by Crippen LogP contribution is 2.34. The molecule has 18 nitrogen and oxygen atoms in total. The van der Waals surface area contributed by atoms with Gasteiger partial charge in [0.05, 0.1) is 22.9 Å². The lowest BCUT2D eigenvalue weighted by molar-refractivity contribution is 0.120. The fourth-order valence-corrected chi connectivity index (χ4v) is 5.33. The van der Waals surface area contributed by atoms with Crippen LogP contribution in [0.25, 0.3) is 0 Å². The number of nitrogens with one attached hydrogen (secondary N) is 2. The van der Waals surface area contributed by atoms with E-state index in [-0.39, 0.29) is 64.4 Å². The number of azo groups is 1. The first kappa shape index (κ1) is 34.0. The van der Waals surface area contributed by atoms with Gasteiger partial charge in [0, 0.05) is 17.8 Å². The highest BCUT2D eigenvalue weighted by molar-refractivity contribution is 7.86. The Balaban J connectivity index is 1.75. The Morgan fingerprint density at radius 1 is 0.978 bits per heavy atom. The molecule has 2 aromatic carbocycles. The van der Waals surface area contributed by atoms with E-state index in [0.29, 0.717) is 0 Å². The zero-order chi connectivity index (χ0) is 34.0. The van der Waals surface area contributed by atoms with Gasteiger partial charge in [-0.3, -0.25) is 23.3 Å². The maximum Gasteiger partial charge on any atom is 0.315 e. The van der Waals surface area contributed by atoms with Crippen LogP contribution in [0, 0.1) is 19.9 Å². The average molecular weight is 680 g/mol. The van der Waals surface area contributed by atoms with Gasteiger partial charge in [-0.15, -0.1) is 5.11 Å². The Morgan fingerprint density at radius 3 is 2.17 bits per heavy atom. The van der Waals surface area contributed by atoms with E-state index in [4.69, 9.17) is 10.4 Å². The highest BCUT2D eigenvalue weighted by atomic mass is 32.2. The van der Waals surface area contributed by atoms with Crippen molar-refractivity contribution in [2.24, 2.45) is 16.1 Å². The van der Waals surface area contributed by atoms with Crippen LogP contribution in [0.5, 0.6) is 5.88 Å². The van der Waals surface area contributed by atoms with Crippen LogP contribution in [0.15, 0.2) is 61.2 Å². The molecule has 0 aliphatic rings. The quantitative estimate of drug-likeness (QED) is 0.0753. The Bertz CT molecular complexity index is 2120. The molecule has 0 saturated carbocycles. The van der Waals surface area contributed by atoms with Gasteiger partial charge in [-0.05, 0) is 68.3 Å². The van der Waals surface area contributed by atoms with Crippen molar-refractivity contribution in [1.29, 1.82) is 0 Å². The van der Waals surface area contributed by atoms with Crippen molar-refractivity contribution in [1.82, 2.24) is 19.5 Å². The van der Waals surface area contributed by atoms with Crippen LogP contribution in [-0.2, 0) is 38.2 Å². The molecule has 4 rings (SSSR count). The van der Waals surface area contributed by atoms with Crippen LogP contribution < -0.4 is 22.1 Å². The number of rotatable bonds is 11. The molecular weight excluding hydrogens is 653 g/mol. The fraction of sp³-hybridized carbons (Fsp3) is 0.200. The number of halogens is 1. The van der Waals surface area contributed by atoms with Crippen molar-refractivity contribution < 1.29 is 40.3 Å². The molecule has 2 heterocycles. The zero-order valence-electron chi connectivity index (χ0n) is 24.1. The lowest BCUT2D eigenvalue weighted by atomic mass is 10.1. The molecule has 7 N–H and O–H groups in total. The molecule has 0 unspecified atom stereocenters. The number of hydrogen-bond donors (Lipinski definition) is 6. The lowest BCUT2D eigenvalue weighted by Crippen LogP contribution is -2.22. The molecule has 4 aromatic rings. The molecule has 21 heteroatoms. The van der Waals surface area contributed by atoms with Crippen LogP contribution >= 0.6 is 0 Å². The number of aromatic nitrogens is 4. The minimum atomic E-state index is -4.88. The second kappa shape index (κ2) is 13.2. The van der Waals surface area contributed by atoms with E-state index in [1.165, 1.54) is 26.0 Å². The van der Waals surface area contributed by atoms with Crippen LogP contribution in [0.2, 0.25) is 0 Å². The molecule has 0 spiro atoms. The first-order valence-corrected chi connectivity index (χ1v) is 15.8. The molecule has 0 saturated heterocycles. The number of hydrogen-bond acceptors (Lipinski definition) is 15. The summed E-state index contributed by atoms with van der Waals surface area (Å²) in [4.78, 5) is 27.5. The maximum atomic E-state index is 14.4. The van der Waals surface area contributed by atoms with Crippen molar-refractivity contribution in [2.75, 3.05) is 10.6 Å². The Kier molecular flexibility index (Phi) is 9.74. The summed E-state index contributed by atoms with van der Waals surface area (Å²) < 4.78 is 81.4. The molecular formula is C25H26FN9O9S2. The predicted molar refractivity (Wildman–Crippen MR) is 160 cm³/mol. The van der Waals surface area contributed by atoms with Gasteiger partial charge in [0.15, 0.2) is 11.6 Å². The fourth-order valence-electron chi connectivity index (χ4n) is 4.14. The summed E-state index contributed by atoms with van der Waals surface area (Å²) in [5.41, 5.74) is -0.407. The van der Waals surface area contributed by atoms with Crippen molar-refractivity contribution in [2.45, 2.75) is 43.7 Å². The molecule has 0 atom stereocenters. The summed E-state index contributed by atoms with van der Waals surface area (Å²) in [7, 11) is -9.33. The van der Waals surface area contributed by atoms with Crippen molar-refractivity contribution in [3.8, 4) is 5.88 Å². The third kappa shape index (κ3) is 7.47. The first-order chi connectivity index (χ1) is 21.5. The highest BCUT2D eigenvalue weighted by Gasteiger charge is 2.22. The number of pyridine rings is 1. The minimum absolute atomic E-state index is 0.00764. The molecule has 0 aliphatic carbocycles. The van der Waals surface area contributed by atoms with Gasteiger partial charge in [-0.2, -0.15) is 41.3 Å². The smallest absolute Gasteiger partial charge is 0.315 e. The van der Waals surface area contributed by atoms with Crippen LogP contribution in [0.4, 0.5) is 39.0 Å². The molecule has 46 heavy (non-hydrogen) atoms. The number of aromatic hydroxyl groups is 1. The predicted octanol–water partition coefficient (Wildman–Crippen LogP) is 3.30. The number of aryl methyl sites for hydroxylation is 1. The van der Waals surface area contributed by atoms with Gasteiger partial charge < -0.3 is 15.7 Å². The summed E-state index contributed by atoms with van der Waals surface area (Å²) in [5, 5.41) is 23.7. The standard InChI is InChI=1S/C25H26FN9O9S2/c1-4-35-21(36)16(11-44-27)13(3)20(22(35)37)34-33-17-10-18(19(9-12(17)2)46(41,42)43)29-25-31-23(26)30-24(32-25)28-14-5-7-15(8-6-14)45(38,39)40/h5-10,36H,4,11,27H2,1-3H3,(H,38,39,40)(H,41,42,43)(H2,28,29,30,31,32). The third-order valence-electron chi connectivity index (χ3n) is 6.42. The van der Waals surface area contributed by atoms with Crippen molar-refractivity contribution in [3.05, 3.63) is 69.5 Å². The normalized spacial score (nSPS) is 12.1. The van der Waals surface area contributed by atoms with Crippen LogP contribution in [0.3, 0.4) is 0 Å². The topological polar surface area (TPSA) is 274 Å². The van der Waals surface area contributed by atoms with E-state index < -0.39 is 47.6 Å². The van der Waals surface area contributed by atoms with E-state index in [1.807, 2.05) is 0 Å². The van der Waals surface area contributed by atoms with Gasteiger partial charge >= 0.3 is 6.08 Å². The summed E-state index contributed by atoms with van der Waals surface area (Å²) in [6, 6.07) is 6.79. The molecule has 0 fully saturated rings. The van der Waals surface area contributed by atoms with Gasteiger partial charge in [0.2, 0.25) is 11.9 Å². The number of nitrogens with zero attached hydrogens (tertiary/aromatic N) is 6. The van der Waals surface area contributed by atoms with Crippen molar-refractivity contribution >= 4 is 54.9 Å². The molecule has 0 amide bonds. The largest absolute Gasteiger partial charge is 0.494 e. The van der Waals surface area contributed by atoms with Crippen LogP contribution in [-0.4, -0.2) is 50.6 Å². The number of benzene rings is 2. The van der Waals surface area contributed by atoms with Crippen molar-refractivity contribution in [3.63, 3.8) is 0 Å². The van der Waals surface area contributed by atoms with E-state index >= 15 is 0 Å². The van der Waals surface area contributed by atoms with E-state index in [9.17, 15) is 35.7 Å². The molecule has 0 radical (unpaired) electrons. The second-order valence-electron chi connectivity index (χ2n) is 9.45. The summed E-state index contributed by atoms with van der Waals surface area (Å²) in [5.74, 6) is 3.90. The average Bonchev–Trinajstić information content (AvgIpc) is 2.95. The first-order valence-electron chi connectivity index (χ1n) is 12.9. The van der Waals surface area contributed by atoms with Gasteiger partial charge in [-0.25, -0.2) is 5.90 Å². The van der Waals surface area contributed by atoms with E-state index in [2.05, 4.69) is 40.7 Å². The molecule has 0 bridgehead atoms. The van der Waals surface area contributed by atoms with Crippen LogP contribution in [0.1, 0.15) is 23.6 Å². The minimum Gasteiger partial charge on any atom is -0.494 e. The number of anilines is 4. The summed E-state index contributed by atoms with van der Waals surface area (Å²) in [6.45, 7) is 4.40. The third-order valence-corrected chi connectivity index (χ3v) is 8.18. The van der Waals surface area contributed by atoms with Gasteiger partial charge in [-0.1, -0.05) is 0 Å². The lowest BCUT2D eigenvalue weighted by Gasteiger charge is -2.15. The SMILES string of the molecule is CCn1c(O)c(CON)c(C)c(N=Nc2cc(Nc3nc(F)nc(Nc4ccc(S(=O)(=O)O)cc4)n3)c(S(=O)(=O)O)cc2C)c1=O. The summed E-state index contributed by atoms with van der Waals surface area (Å²) >= 11 is 0. The Morgan fingerprint density at radius 2 is 1.61 bits per heavy atom.